The second kappa shape index (κ2) is 3.05. The standard InChI is InChI=1S/H3PS5/c2-1(3,4)6-5/h2-4H. The molecule has 6 heavy (non-hydrogen) atoms. The van der Waals surface area contributed by atoms with E-state index in [1.54, 1.807) is 0 Å². The van der Waals surface area contributed by atoms with Crippen molar-refractivity contribution < 1.29 is 0 Å². The molecule has 0 spiro atoms. The fourth-order valence-electron chi connectivity index (χ4n) is 0. The van der Waals surface area contributed by atoms with Gasteiger partial charge in [0.05, 0.1) is 0 Å². The van der Waals surface area contributed by atoms with Gasteiger partial charge in [-0.3, -0.25) is 0 Å². The molecule has 0 aliphatic rings. The Morgan fingerprint density at radius 1 is 1.33 bits per heavy atom. The molecule has 0 saturated carbocycles. The highest BCUT2D eigenvalue weighted by atomic mass is 33.5. The summed E-state index contributed by atoms with van der Waals surface area (Å²) in [6, 6.07) is 0. The van der Waals surface area contributed by atoms with Crippen LogP contribution in [0.1, 0.15) is 0 Å². The molecule has 0 amide bonds. The fraction of sp³-hybridized carbons (Fsp3) is 0. The third-order valence-corrected chi connectivity index (χ3v) is 8.10. The summed E-state index contributed by atoms with van der Waals surface area (Å²) >= 11 is 16.4. The van der Waals surface area contributed by atoms with E-state index in [2.05, 4.69) is 47.9 Å². The normalized spacial score (nSPS) is 11.2. The lowest BCUT2D eigenvalue weighted by atomic mass is 29.6. The summed E-state index contributed by atoms with van der Waals surface area (Å²) in [6.45, 7) is 0. The van der Waals surface area contributed by atoms with Crippen LogP contribution >= 0.6 is 40.4 Å². The minimum absolute atomic E-state index is 1.17. The van der Waals surface area contributed by atoms with Gasteiger partial charge in [0.2, 0.25) is 0 Å². The highest BCUT2D eigenvalue weighted by molar-refractivity contribution is 9.16. The van der Waals surface area contributed by atoms with Crippen LogP contribution < -0.4 is 0 Å². The van der Waals surface area contributed by atoms with Crippen molar-refractivity contribution in [1.29, 1.82) is 0 Å². The second-order valence-electron chi connectivity index (χ2n) is 0.588. The van der Waals surface area contributed by atoms with Crippen LogP contribution in [0.2, 0.25) is 0 Å². The maximum Gasteiger partial charge on any atom is 0.101 e. The Bertz CT molecular complexity index is 92.8. The monoisotopic (exact) mass is 194 g/mol. The summed E-state index contributed by atoms with van der Waals surface area (Å²) in [7, 11) is 1.17. The molecule has 0 heterocycles. The van der Waals surface area contributed by atoms with Crippen molar-refractivity contribution in [2.75, 3.05) is 0 Å². The number of rotatable bonds is 0. The maximum absolute atomic E-state index is 4.53. The molecule has 0 unspecified atom stereocenters. The molecule has 38 valence electrons. The molecule has 0 nitrogen and oxygen atoms in total. The minimum atomic E-state index is -1.58. The summed E-state index contributed by atoms with van der Waals surface area (Å²) in [5.41, 5.74) is 0. The van der Waals surface area contributed by atoms with Crippen LogP contribution in [0.3, 0.4) is 0 Å². The van der Waals surface area contributed by atoms with Crippen LogP contribution in [0.15, 0.2) is 0 Å². The molecule has 0 N–H and O–H groups in total. The van der Waals surface area contributed by atoms with Gasteiger partial charge in [0.15, 0.2) is 0 Å². The van der Waals surface area contributed by atoms with Crippen LogP contribution in [0.5, 0.6) is 0 Å². The van der Waals surface area contributed by atoms with Crippen LogP contribution in [0.25, 0.3) is 0 Å². The predicted molar refractivity (Wildman–Crippen MR) is 48.6 cm³/mol. The Kier molecular flexibility index (Phi) is 4.02. The molecule has 0 aromatic rings. The van der Waals surface area contributed by atoms with E-state index in [0.717, 1.165) is 0 Å². The van der Waals surface area contributed by atoms with Crippen molar-refractivity contribution in [3.8, 4) is 0 Å². The van der Waals surface area contributed by atoms with Gasteiger partial charge in [-0.25, -0.2) is 0 Å². The van der Waals surface area contributed by atoms with Crippen LogP contribution in [0, 0.1) is 0 Å². The van der Waals surface area contributed by atoms with E-state index in [1.807, 2.05) is 0 Å². The molecule has 0 aliphatic carbocycles. The first-order chi connectivity index (χ1) is 2.56. The van der Waals surface area contributed by atoms with Gasteiger partial charge < -0.3 is 0 Å². The zero-order chi connectivity index (χ0) is 5.21. The average molecular weight is 194 g/mol. The van der Waals surface area contributed by atoms with Crippen LogP contribution in [0.4, 0.5) is 0 Å². The van der Waals surface area contributed by atoms with Gasteiger partial charge in [-0.1, -0.05) is 9.50 Å². The van der Waals surface area contributed by atoms with E-state index >= 15 is 0 Å². The smallest absolute Gasteiger partial charge is 0.101 e. The fourth-order valence-corrected chi connectivity index (χ4v) is 0. The van der Waals surface area contributed by atoms with Crippen LogP contribution in [-0.4, -0.2) is 0 Å². The average Bonchev–Trinajstić information content (AvgIpc) is 1.35. The first kappa shape index (κ1) is 7.92. The lowest BCUT2D eigenvalue weighted by molar-refractivity contribution is 5.32. The minimum Gasteiger partial charge on any atom is -0.122 e. The number of hydrogen-bond acceptors (Lipinski definition) is 1. The van der Waals surface area contributed by atoms with Gasteiger partial charge in [-0.05, 0) is 11.2 Å². The zero-order valence-electron chi connectivity index (χ0n) is 2.61. The lowest BCUT2D eigenvalue weighted by Gasteiger charge is -1.90. The highest BCUT2D eigenvalue weighted by Crippen LogP contribution is 2.60. The predicted octanol–water partition coefficient (Wildman–Crippen LogP) is 2.00. The molecule has 0 aromatic heterocycles. The molecular weight excluding hydrogens is 191 g/mol. The van der Waals surface area contributed by atoms with Crippen LogP contribution in [-0.2, 0) is 20.7 Å². The first-order valence-electron chi connectivity index (χ1n) is 0.949. The number of hydrogen-bond donors (Lipinski definition) is 3. The van der Waals surface area contributed by atoms with Crippen molar-refractivity contribution in [3.63, 3.8) is 0 Å². The summed E-state index contributed by atoms with van der Waals surface area (Å²) < 4.78 is -1.58. The van der Waals surface area contributed by atoms with Gasteiger partial charge >= 0.3 is 0 Å². The summed E-state index contributed by atoms with van der Waals surface area (Å²) in [5.74, 6) is 0. The highest BCUT2D eigenvalue weighted by Gasteiger charge is 1.89. The van der Waals surface area contributed by atoms with Gasteiger partial charge in [-0.15, -0.1) is 36.7 Å². The SMILES string of the molecule is S=S=P(S)(S)S. The van der Waals surface area contributed by atoms with Crippen molar-refractivity contribution in [3.05, 3.63) is 0 Å². The summed E-state index contributed by atoms with van der Waals surface area (Å²) in [6.07, 6.45) is 0. The van der Waals surface area contributed by atoms with Gasteiger partial charge in [0, 0.05) is 0 Å². The Morgan fingerprint density at radius 3 is 1.50 bits per heavy atom. The molecule has 0 aliphatic heterocycles. The third kappa shape index (κ3) is 5.92. The Labute approximate surface area is 60.8 Å². The molecule has 0 bridgehead atoms. The van der Waals surface area contributed by atoms with Crippen molar-refractivity contribution in [2.45, 2.75) is 0 Å². The molecule has 0 rings (SSSR count). The third-order valence-electron chi connectivity index (χ3n) is 0.100. The molecule has 0 radical (unpaired) electrons. The zero-order valence-corrected chi connectivity index (χ0v) is 7.82. The largest absolute Gasteiger partial charge is 0.122 e. The molecular formula is H3PS5. The van der Waals surface area contributed by atoms with E-state index < -0.39 is 3.64 Å². The summed E-state index contributed by atoms with van der Waals surface area (Å²) in [4.78, 5) is 0. The Hall–Kier alpha value is 1.92. The van der Waals surface area contributed by atoms with E-state index in [0.29, 0.717) is 0 Å². The molecule has 6 heteroatoms. The van der Waals surface area contributed by atoms with Gasteiger partial charge in [0.1, 0.15) is 3.64 Å². The molecule has 0 fully saturated rings. The van der Waals surface area contributed by atoms with E-state index in [9.17, 15) is 0 Å². The summed E-state index contributed by atoms with van der Waals surface area (Å²) in [5, 5.41) is 0. The lowest BCUT2D eigenvalue weighted by Crippen LogP contribution is -1.27. The second-order valence-corrected chi connectivity index (χ2v) is 15.9. The van der Waals surface area contributed by atoms with E-state index in [-0.39, 0.29) is 0 Å². The molecule has 0 saturated heterocycles. The van der Waals surface area contributed by atoms with Crippen molar-refractivity contribution >= 4 is 61.1 Å². The topological polar surface area (TPSA) is 0 Å². The Morgan fingerprint density at radius 2 is 1.50 bits per heavy atom. The maximum atomic E-state index is 4.53. The number of thiol groups is 3. The van der Waals surface area contributed by atoms with Gasteiger partial charge in [0.25, 0.3) is 0 Å². The molecule has 0 atom stereocenters. The van der Waals surface area contributed by atoms with Crippen molar-refractivity contribution in [2.24, 2.45) is 0 Å². The first-order valence-corrected chi connectivity index (χ1v) is 8.54. The van der Waals surface area contributed by atoms with E-state index in [4.69, 9.17) is 0 Å². The van der Waals surface area contributed by atoms with E-state index in [1.165, 1.54) is 9.50 Å². The quantitative estimate of drug-likeness (QED) is 0.392. The Balaban J connectivity index is 4.21. The molecule has 0 aromatic carbocycles. The van der Waals surface area contributed by atoms with Crippen molar-refractivity contribution in [1.82, 2.24) is 0 Å². The van der Waals surface area contributed by atoms with Gasteiger partial charge in [-0.2, -0.15) is 0 Å².